The Kier molecular flexibility index (Phi) is 3.39. The van der Waals surface area contributed by atoms with Gasteiger partial charge in [-0.1, -0.05) is 30.3 Å². The van der Waals surface area contributed by atoms with Gasteiger partial charge >= 0.3 is 5.97 Å². The average molecular weight is 286 g/mol. The third kappa shape index (κ3) is 2.38. The predicted octanol–water partition coefficient (Wildman–Crippen LogP) is 2.43. The second-order valence-corrected chi connectivity index (χ2v) is 4.63. The van der Waals surface area contributed by atoms with Crippen molar-refractivity contribution in [3.05, 3.63) is 53.6 Å². The van der Waals surface area contributed by atoms with Crippen LogP contribution in [0.5, 0.6) is 17.2 Å². The number of methoxy groups -OCH3 is 1. The van der Waals surface area contributed by atoms with Gasteiger partial charge in [-0.25, -0.2) is 0 Å². The molecule has 0 fully saturated rings. The van der Waals surface area contributed by atoms with Gasteiger partial charge in [0.05, 0.1) is 7.11 Å². The van der Waals surface area contributed by atoms with E-state index in [2.05, 4.69) is 0 Å². The molecular formula is C16H14O5. The minimum absolute atomic E-state index is 0.0292. The predicted molar refractivity (Wildman–Crippen MR) is 74.5 cm³/mol. The molecule has 1 aliphatic rings. The zero-order chi connectivity index (χ0) is 14.8. The van der Waals surface area contributed by atoms with Crippen molar-refractivity contribution >= 4 is 5.97 Å². The summed E-state index contributed by atoms with van der Waals surface area (Å²) in [4.78, 5) is 12.2. The molecule has 108 valence electrons. The number of phenols is 1. The first-order valence-electron chi connectivity index (χ1n) is 6.46. The Balaban J connectivity index is 2.11. The van der Waals surface area contributed by atoms with E-state index in [4.69, 9.17) is 14.2 Å². The lowest BCUT2D eigenvalue weighted by atomic mass is 9.90. The Bertz CT molecular complexity index is 666. The quantitative estimate of drug-likeness (QED) is 0.878. The molecule has 1 N–H and O–H groups in total. The van der Waals surface area contributed by atoms with E-state index in [1.807, 2.05) is 30.3 Å². The number of phenolic OH excluding ortho intramolecular Hbond substituents is 1. The van der Waals surface area contributed by atoms with Crippen LogP contribution < -0.4 is 9.47 Å². The number of rotatable bonds is 3. The highest BCUT2D eigenvalue weighted by Crippen LogP contribution is 2.42. The Morgan fingerprint density at radius 1 is 1.19 bits per heavy atom. The zero-order valence-corrected chi connectivity index (χ0v) is 11.4. The van der Waals surface area contributed by atoms with Gasteiger partial charge in [0.15, 0.2) is 11.5 Å². The molecule has 5 heteroatoms. The largest absolute Gasteiger partial charge is 0.507 e. The molecule has 0 saturated carbocycles. The van der Waals surface area contributed by atoms with Crippen LogP contribution >= 0.6 is 0 Å². The molecule has 0 radical (unpaired) electrons. The van der Waals surface area contributed by atoms with Gasteiger partial charge in [0.1, 0.15) is 11.7 Å². The number of carbonyl (C=O) groups excluding carboxylic acids is 1. The first kappa shape index (κ1) is 13.3. The maximum absolute atomic E-state index is 12.2. The number of carbonyl (C=O) groups is 1. The summed E-state index contributed by atoms with van der Waals surface area (Å²) in [6.45, 7) is 0.104. The van der Waals surface area contributed by atoms with Crippen LogP contribution in [0.1, 0.15) is 17.0 Å². The van der Waals surface area contributed by atoms with E-state index in [9.17, 15) is 9.90 Å². The number of hydrogen-bond donors (Lipinski definition) is 1. The molecule has 1 aliphatic heterocycles. The summed E-state index contributed by atoms with van der Waals surface area (Å²) in [5, 5.41) is 10.2. The molecule has 0 unspecified atom stereocenters. The highest BCUT2D eigenvalue weighted by molar-refractivity contribution is 5.83. The maximum atomic E-state index is 12.2. The molecule has 1 atom stereocenters. The van der Waals surface area contributed by atoms with Crippen molar-refractivity contribution in [2.24, 2.45) is 0 Å². The van der Waals surface area contributed by atoms with Gasteiger partial charge in [-0.15, -0.1) is 0 Å². The Morgan fingerprint density at radius 3 is 2.52 bits per heavy atom. The summed E-state index contributed by atoms with van der Waals surface area (Å²) in [7, 11) is 1.32. The molecule has 0 saturated heterocycles. The van der Waals surface area contributed by atoms with Crippen LogP contribution in [0.4, 0.5) is 0 Å². The highest BCUT2D eigenvalue weighted by Gasteiger charge is 2.29. The topological polar surface area (TPSA) is 65.0 Å². The lowest BCUT2D eigenvalue weighted by molar-refractivity contribution is -0.141. The van der Waals surface area contributed by atoms with Crippen molar-refractivity contribution in [1.29, 1.82) is 0 Å². The molecular weight excluding hydrogens is 272 g/mol. The average Bonchev–Trinajstić information content (AvgIpc) is 2.95. The molecule has 2 aromatic rings. The molecule has 5 nitrogen and oxygen atoms in total. The van der Waals surface area contributed by atoms with Crippen molar-refractivity contribution < 1.29 is 24.1 Å². The van der Waals surface area contributed by atoms with Gasteiger partial charge in [-0.3, -0.25) is 4.79 Å². The first-order valence-corrected chi connectivity index (χ1v) is 6.46. The van der Waals surface area contributed by atoms with E-state index < -0.39 is 11.9 Å². The Labute approximate surface area is 121 Å². The number of aromatic hydroxyl groups is 1. The normalized spacial score (nSPS) is 13.8. The fraction of sp³-hybridized carbons (Fsp3) is 0.188. The molecule has 0 spiro atoms. The molecule has 1 heterocycles. The highest BCUT2D eigenvalue weighted by atomic mass is 16.7. The van der Waals surface area contributed by atoms with Crippen LogP contribution in [0.15, 0.2) is 42.5 Å². The van der Waals surface area contributed by atoms with Crippen molar-refractivity contribution in [2.75, 3.05) is 13.9 Å². The second kappa shape index (κ2) is 5.36. The van der Waals surface area contributed by atoms with Crippen LogP contribution in [-0.4, -0.2) is 25.0 Å². The fourth-order valence-electron chi connectivity index (χ4n) is 2.38. The summed E-state index contributed by atoms with van der Waals surface area (Å²) in [6.07, 6.45) is 0. The zero-order valence-electron chi connectivity index (χ0n) is 11.4. The monoisotopic (exact) mass is 286 g/mol. The van der Waals surface area contributed by atoms with Crippen LogP contribution in [0.2, 0.25) is 0 Å². The number of esters is 1. The van der Waals surface area contributed by atoms with Gasteiger partial charge in [0, 0.05) is 11.6 Å². The standard InChI is InChI=1S/C16H14O5/c1-19-16(18)15(10-5-3-2-4-6-10)11-7-13-14(8-12(11)17)21-9-20-13/h2-8,15,17H,9H2,1H3/t15-/m1/s1. The van der Waals surface area contributed by atoms with E-state index in [0.717, 1.165) is 5.56 Å². The fourth-order valence-corrected chi connectivity index (χ4v) is 2.38. The molecule has 0 bridgehead atoms. The summed E-state index contributed by atoms with van der Waals surface area (Å²) in [6, 6.07) is 12.2. The van der Waals surface area contributed by atoms with Gasteiger partial charge < -0.3 is 19.3 Å². The van der Waals surface area contributed by atoms with Crippen molar-refractivity contribution in [3.8, 4) is 17.2 Å². The van der Waals surface area contributed by atoms with Crippen molar-refractivity contribution in [3.63, 3.8) is 0 Å². The van der Waals surface area contributed by atoms with Gasteiger partial charge in [0.2, 0.25) is 6.79 Å². The second-order valence-electron chi connectivity index (χ2n) is 4.63. The van der Waals surface area contributed by atoms with E-state index in [-0.39, 0.29) is 12.5 Å². The van der Waals surface area contributed by atoms with Crippen LogP contribution in [0.25, 0.3) is 0 Å². The lowest BCUT2D eigenvalue weighted by Gasteiger charge is -2.17. The summed E-state index contributed by atoms with van der Waals surface area (Å²) in [5.41, 5.74) is 1.16. The minimum Gasteiger partial charge on any atom is -0.507 e. The number of fused-ring (bicyclic) bond motifs is 1. The van der Waals surface area contributed by atoms with Crippen molar-refractivity contribution in [2.45, 2.75) is 5.92 Å². The lowest BCUT2D eigenvalue weighted by Crippen LogP contribution is -2.15. The molecule has 0 aromatic heterocycles. The Hall–Kier alpha value is -2.69. The van der Waals surface area contributed by atoms with Gasteiger partial charge in [-0.2, -0.15) is 0 Å². The molecule has 2 aromatic carbocycles. The third-order valence-electron chi connectivity index (χ3n) is 3.40. The molecule has 3 rings (SSSR count). The van der Waals surface area contributed by atoms with Crippen LogP contribution in [0, 0.1) is 0 Å². The van der Waals surface area contributed by atoms with E-state index in [0.29, 0.717) is 17.1 Å². The first-order chi connectivity index (χ1) is 10.2. The summed E-state index contributed by atoms with van der Waals surface area (Å²) < 4.78 is 15.4. The minimum atomic E-state index is -0.717. The molecule has 0 amide bonds. The molecule has 0 aliphatic carbocycles. The van der Waals surface area contributed by atoms with Crippen LogP contribution in [-0.2, 0) is 9.53 Å². The van der Waals surface area contributed by atoms with Crippen LogP contribution in [0.3, 0.4) is 0 Å². The van der Waals surface area contributed by atoms with Crippen molar-refractivity contribution in [1.82, 2.24) is 0 Å². The summed E-state index contributed by atoms with van der Waals surface area (Å²) in [5.74, 6) is -0.222. The number of hydrogen-bond acceptors (Lipinski definition) is 5. The third-order valence-corrected chi connectivity index (χ3v) is 3.40. The summed E-state index contributed by atoms with van der Waals surface area (Å²) >= 11 is 0. The van der Waals surface area contributed by atoms with E-state index in [1.54, 1.807) is 6.07 Å². The SMILES string of the molecule is COC(=O)[C@H](c1ccccc1)c1cc2c(cc1O)OCO2. The number of ether oxygens (including phenoxy) is 3. The van der Waals surface area contributed by atoms with E-state index in [1.165, 1.54) is 13.2 Å². The Morgan fingerprint density at radius 2 is 1.86 bits per heavy atom. The van der Waals surface area contributed by atoms with Gasteiger partial charge in [0.25, 0.3) is 0 Å². The van der Waals surface area contributed by atoms with Gasteiger partial charge in [-0.05, 0) is 11.6 Å². The number of benzene rings is 2. The molecule has 21 heavy (non-hydrogen) atoms. The smallest absolute Gasteiger partial charge is 0.317 e. The van der Waals surface area contributed by atoms with E-state index >= 15 is 0 Å². The maximum Gasteiger partial charge on any atom is 0.317 e.